The topological polar surface area (TPSA) is 87.2 Å². The molecule has 0 fully saturated rings. The summed E-state index contributed by atoms with van der Waals surface area (Å²) in [7, 11) is 0. The quantitative estimate of drug-likeness (QED) is 0.568. The zero-order valence-corrected chi connectivity index (χ0v) is 7.25. The number of hydrogen-bond acceptors (Lipinski definition) is 4. The smallest absolute Gasteiger partial charge is 0.233 e. The van der Waals surface area contributed by atoms with Gasteiger partial charge in [0.25, 0.3) is 0 Å². The summed E-state index contributed by atoms with van der Waals surface area (Å²) >= 11 is 0. The molecule has 0 saturated carbocycles. The molecule has 0 spiro atoms. The fraction of sp³-hybridized carbons (Fsp3) is 0.222. The Bertz CT molecular complexity index is 384. The van der Waals surface area contributed by atoms with Crippen LogP contribution in [0.3, 0.4) is 0 Å². The van der Waals surface area contributed by atoms with Crippen LogP contribution in [0.15, 0.2) is 24.3 Å². The van der Waals surface area contributed by atoms with E-state index in [0.717, 1.165) is 0 Å². The van der Waals surface area contributed by atoms with E-state index >= 15 is 0 Å². The van der Waals surface area contributed by atoms with Gasteiger partial charge in [-0.2, -0.15) is 5.26 Å². The highest BCUT2D eigenvalue weighted by molar-refractivity contribution is 5.33. The Morgan fingerprint density at radius 2 is 2.36 bits per heavy atom. The molecule has 1 aromatic rings. The Morgan fingerprint density at radius 1 is 1.64 bits per heavy atom. The summed E-state index contributed by atoms with van der Waals surface area (Å²) in [6, 6.07) is 8.04. The normalized spacial score (nSPS) is 11.7. The largest absolute Gasteiger partial charge is 0.382 e. The lowest BCUT2D eigenvalue weighted by atomic mass is 10.1. The Hall–Kier alpha value is -1.93. The summed E-state index contributed by atoms with van der Waals surface area (Å²) in [5.74, 6) is 0. The lowest BCUT2D eigenvalue weighted by molar-refractivity contribution is -0.491. The monoisotopic (exact) mass is 192 g/mol. The Morgan fingerprint density at radius 3 is 2.93 bits per heavy atom. The highest BCUT2D eigenvalue weighted by Gasteiger charge is 2.13. The minimum atomic E-state index is -1.15. The van der Waals surface area contributed by atoms with Gasteiger partial charge in [0, 0.05) is 4.92 Å². The second-order valence-corrected chi connectivity index (χ2v) is 2.77. The van der Waals surface area contributed by atoms with Crippen LogP contribution in [0.25, 0.3) is 0 Å². The molecule has 1 rings (SSSR count). The summed E-state index contributed by atoms with van der Waals surface area (Å²) in [5.41, 5.74) is 0.769. The van der Waals surface area contributed by atoms with E-state index in [9.17, 15) is 15.2 Å². The van der Waals surface area contributed by atoms with Gasteiger partial charge in [-0.25, -0.2) is 0 Å². The van der Waals surface area contributed by atoms with Crippen LogP contribution in [-0.2, 0) is 0 Å². The molecule has 0 aromatic heterocycles. The predicted molar refractivity (Wildman–Crippen MR) is 48.0 cm³/mol. The van der Waals surface area contributed by atoms with Gasteiger partial charge < -0.3 is 5.11 Å². The molecule has 72 valence electrons. The summed E-state index contributed by atoms with van der Waals surface area (Å²) < 4.78 is 0. The van der Waals surface area contributed by atoms with Crippen molar-refractivity contribution in [3.63, 3.8) is 0 Å². The summed E-state index contributed by atoms with van der Waals surface area (Å²) in [6.45, 7) is -0.547. The first-order valence-electron chi connectivity index (χ1n) is 3.93. The van der Waals surface area contributed by atoms with Gasteiger partial charge >= 0.3 is 0 Å². The van der Waals surface area contributed by atoms with Crippen LogP contribution in [0.5, 0.6) is 0 Å². The minimum absolute atomic E-state index is 0.380. The third-order valence-electron chi connectivity index (χ3n) is 1.72. The Labute approximate surface area is 80.4 Å². The first-order valence-corrected chi connectivity index (χ1v) is 3.93. The lowest BCUT2D eigenvalue weighted by Crippen LogP contribution is -2.11. The Kier molecular flexibility index (Phi) is 3.15. The molecule has 14 heavy (non-hydrogen) atoms. The van der Waals surface area contributed by atoms with Gasteiger partial charge in [-0.3, -0.25) is 10.1 Å². The first kappa shape index (κ1) is 10.2. The molecule has 1 aromatic carbocycles. The molecule has 5 heteroatoms. The average Bonchev–Trinajstić information content (AvgIpc) is 2.17. The molecule has 0 saturated heterocycles. The van der Waals surface area contributed by atoms with Crippen LogP contribution in [-0.4, -0.2) is 16.6 Å². The maximum atomic E-state index is 10.1. The zero-order chi connectivity index (χ0) is 10.6. The Balaban J connectivity index is 2.85. The van der Waals surface area contributed by atoms with E-state index in [1.165, 1.54) is 6.07 Å². The molecule has 0 bridgehead atoms. The molecule has 1 atom stereocenters. The standard InChI is InChI=1S/C9H8N2O3/c10-5-7-2-1-3-8(4-7)9(12)6-11(13)14/h1-4,9,12H,6H2. The molecule has 1 N–H and O–H groups in total. The van der Waals surface area contributed by atoms with Crippen molar-refractivity contribution in [1.29, 1.82) is 5.26 Å². The van der Waals surface area contributed by atoms with Crippen molar-refractivity contribution in [2.45, 2.75) is 6.10 Å². The SMILES string of the molecule is N#Cc1cccc(C(O)C[N+](=O)[O-])c1. The van der Waals surface area contributed by atoms with Crippen LogP contribution in [0.1, 0.15) is 17.2 Å². The van der Waals surface area contributed by atoms with Crippen LogP contribution in [0, 0.1) is 21.4 Å². The highest BCUT2D eigenvalue weighted by atomic mass is 16.6. The molecular weight excluding hydrogens is 184 g/mol. The van der Waals surface area contributed by atoms with Crippen molar-refractivity contribution in [2.24, 2.45) is 0 Å². The fourth-order valence-corrected chi connectivity index (χ4v) is 1.06. The van der Waals surface area contributed by atoms with Crippen molar-refractivity contribution in [1.82, 2.24) is 0 Å². The minimum Gasteiger partial charge on any atom is -0.382 e. The van der Waals surface area contributed by atoms with E-state index in [2.05, 4.69) is 0 Å². The first-order chi connectivity index (χ1) is 6.63. The molecule has 0 aliphatic rings. The van der Waals surface area contributed by atoms with E-state index in [0.29, 0.717) is 11.1 Å². The third-order valence-corrected chi connectivity index (χ3v) is 1.72. The third kappa shape index (κ3) is 2.54. The van der Waals surface area contributed by atoms with Crippen LogP contribution in [0.4, 0.5) is 0 Å². The van der Waals surface area contributed by atoms with Gasteiger partial charge in [0.1, 0.15) is 6.10 Å². The van der Waals surface area contributed by atoms with E-state index < -0.39 is 17.6 Å². The number of hydrogen-bond donors (Lipinski definition) is 1. The zero-order valence-electron chi connectivity index (χ0n) is 7.25. The second-order valence-electron chi connectivity index (χ2n) is 2.77. The second kappa shape index (κ2) is 4.35. The molecule has 0 heterocycles. The fourth-order valence-electron chi connectivity index (χ4n) is 1.06. The van der Waals surface area contributed by atoms with Gasteiger partial charge in [-0.05, 0) is 17.7 Å². The predicted octanol–water partition coefficient (Wildman–Crippen LogP) is 0.868. The summed E-state index contributed by atoms with van der Waals surface area (Å²) in [6.07, 6.45) is -1.15. The van der Waals surface area contributed by atoms with Crippen molar-refractivity contribution in [2.75, 3.05) is 6.54 Å². The number of nitriles is 1. The summed E-state index contributed by atoms with van der Waals surface area (Å²) in [4.78, 5) is 9.52. The number of nitro groups is 1. The molecular formula is C9H8N2O3. The van der Waals surface area contributed by atoms with E-state index in [-0.39, 0.29) is 0 Å². The lowest BCUT2D eigenvalue weighted by Gasteiger charge is -2.05. The molecule has 0 amide bonds. The van der Waals surface area contributed by atoms with Crippen LogP contribution in [0.2, 0.25) is 0 Å². The number of rotatable bonds is 3. The molecule has 0 aliphatic heterocycles. The molecule has 5 nitrogen and oxygen atoms in total. The number of benzene rings is 1. The van der Waals surface area contributed by atoms with Gasteiger partial charge in [-0.1, -0.05) is 12.1 Å². The number of nitrogens with zero attached hydrogens (tertiary/aromatic N) is 2. The number of aliphatic hydroxyl groups excluding tert-OH is 1. The van der Waals surface area contributed by atoms with Crippen LogP contribution >= 0.6 is 0 Å². The summed E-state index contributed by atoms with van der Waals surface area (Å²) in [5, 5.41) is 28.0. The van der Waals surface area contributed by atoms with Crippen LogP contribution < -0.4 is 0 Å². The van der Waals surface area contributed by atoms with Gasteiger partial charge in [0.15, 0.2) is 0 Å². The maximum Gasteiger partial charge on any atom is 0.233 e. The average molecular weight is 192 g/mol. The maximum absolute atomic E-state index is 10.1. The van der Waals surface area contributed by atoms with Crippen molar-refractivity contribution >= 4 is 0 Å². The van der Waals surface area contributed by atoms with Crippen molar-refractivity contribution < 1.29 is 10.0 Å². The van der Waals surface area contributed by atoms with E-state index in [1.54, 1.807) is 18.2 Å². The van der Waals surface area contributed by atoms with Gasteiger partial charge in [0.2, 0.25) is 6.54 Å². The van der Waals surface area contributed by atoms with Crippen molar-refractivity contribution in [3.05, 3.63) is 45.5 Å². The van der Waals surface area contributed by atoms with Gasteiger partial charge in [-0.15, -0.1) is 0 Å². The van der Waals surface area contributed by atoms with Gasteiger partial charge in [0.05, 0.1) is 11.6 Å². The van der Waals surface area contributed by atoms with Crippen molar-refractivity contribution in [3.8, 4) is 6.07 Å². The van der Waals surface area contributed by atoms with E-state index in [1.807, 2.05) is 6.07 Å². The number of aliphatic hydroxyl groups is 1. The molecule has 0 aliphatic carbocycles. The van der Waals surface area contributed by atoms with E-state index in [4.69, 9.17) is 5.26 Å². The highest BCUT2D eigenvalue weighted by Crippen LogP contribution is 2.14. The molecule has 1 unspecified atom stereocenters. The molecule has 0 radical (unpaired) electrons.